The first-order valence-corrected chi connectivity index (χ1v) is 7.51. The summed E-state index contributed by atoms with van der Waals surface area (Å²) in [6.07, 6.45) is 2.29. The van der Waals surface area contributed by atoms with Gasteiger partial charge in [0, 0.05) is 12.0 Å². The molecule has 0 aliphatic heterocycles. The van der Waals surface area contributed by atoms with E-state index in [1.165, 1.54) is 6.92 Å². The van der Waals surface area contributed by atoms with Gasteiger partial charge in [-0.1, -0.05) is 27.2 Å². The average molecular weight is 291 g/mol. The van der Waals surface area contributed by atoms with E-state index in [1.54, 1.807) is 18.2 Å². The predicted octanol–water partition coefficient (Wildman–Crippen LogP) is 4.05. The van der Waals surface area contributed by atoms with Crippen LogP contribution >= 0.6 is 0 Å². The quantitative estimate of drug-likeness (QED) is 0.735. The topological polar surface area (TPSA) is 55.4 Å². The molecule has 0 bridgehead atoms. The Kier molecular flexibility index (Phi) is 6.92. The molecule has 0 aliphatic carbocycles. The number of anilines is 1. The Morgan fingerprint density at radius 1 is 1.29 bits per heavy atom. The predicted molar refractivity (Wildman–Crippen MR) is 84.9 cm³/mol. The van der Waals surface area contributed by atoms with E-state index >= 15 is 0 Å². The fourth-order valence-electron chi connectivity index (χ4n) is 1.78. The Balaban J connectivity index is 2.90. The van der Waals surface area contributed by atoms with E-state index < -0.39 is 0 Å². The first-order valence-electron chi connectivity index (χ1n) is 7.51. The van der Waals surface area contributed by atoms with Crippen molar-refractivity contribution < 1.29 is 14.3 Å². The molecule has 1 rings (SSSR count). The zero-order valence-electron chi connectivity index (χ0n) is 13.4. The first kappa shape index (κ1) is 17.2. The maximum Gasteiger partial charge on any atom is 0.224 e. The lowest BCUT2D eigenvalue weighted by atomic mass is 10.1. The van der Waals surface area contributed by atoms with Gasteiger partial charge in [-0.05, 0) is 37.5 Å². The summed E-state index contributed by atoms with van der Waals surface area (Å²) < 4.78 is 5.71. The van der Waals surface area contributed by atoms with Gasteiger partial charge in [-0.25, -0.2) is 0 Å². The van der Waals surface area contributed by atoms with Crippen molar-refractivity contribution in [3.8, 4) is 5.75 Å². The molecule has 0 aromatic heterocycles. The molecular weight excluding hydrogens is 266 g/mol. The van der Waals surface area contributed by atoms with Crippen molar-refractivity contribution in [3.63, 3.8) is 0 Å². The Morgan fingerprint density at radius 2 is 2.00 bits per heavy atom. The third-order valence-electron chi connectivity index (χ3n) is 2.99. The van der Waals surface area contributed by atoms with Crippen molar-refractivity contribution in [2.75, 3.05) is 11.9 Å². The maximum absolute atomic E-state index is 11.9. The van der Waals surface area contributed by atoms with Gasteiger partial charge in [-0.15, -0.1) is 0 Å². The summed E-state index contributed by atoms with van der Waals surface area (Å²) in [5, 5.41) is 2.85. The molecule has 0 heterocycles. The Bertz CT molecular complexity index is 495. The van der Waals surface area contributed by atoms with Gasteiger partial charge in [0.25, 0.3) is 0 Å². The molecule has 1 aromatic rings. The van der Waals surface area contributed by atoms with E-state index in [0.717, 1.165) is 12.8 Å². The normalized spacial score (nSPS) is 10.5. The number of carbonyl (C=O) groups is 2. The Hall–Kier alpha value is -1.84. The van der Waals surface area contributed by atoms with E-state index in [-0.39, 0.29) is 11.7 Å². The van der Waals surface area contributed by atoms with Crippen LogP contribution in [0.1, 0.15) is 57.3 Å². The van der Waals surface area contributed by atoms with Crippen LogP contribution in [-0.2, 0) is 4.79 Å². The van der Waals surface area contributed by atoms with Crippen LogP contribution in [0.5, 0.6) is 5.75 Å². The third kappa shape index (κ3) is 5.98. The van der Waals surface area contributed by atoms with Crippen LogP contribution in [0.4, 0.5) is 5.69 Å². The molecule has 0 spiro atoms. The molecule has 4 nitrogen and oxygen atoms in total. The van der Waals surface area contributed by atoms with Crippen molar-refractivity contribution in [2.45, 2.75) is 47.0 Å². The number of ether oxygens (including phenoxy) is 1. The fraction of sp³-hybridized carbons (Fsp3) is 0.529. The lowest BCUT2D eigenvalue weighted by Crippen LogP contribution is -2.14. The molecule has 0 unspecified atom stereocenters. The molecule has 116 valence electrons. The fourth-order valence-corrected chi connectivity index (χ4v) is 1.78. The number of nitrogens with one attached hydrogen (secondary N) is 1. The number of amides is 1. The van der Waals surface area contributed by atoms with Crippen LogP contribution in [0.25, 0.3) is 0 Å². The van der Waals surface area contributed by atoms with Crippen molar-refractivity contribution in [1.29, 1.82) is 0 Å². The first-order chi connectivity index (χ1) is 9.93. The lowest BCUT2D eigenvalue weighted by molar-refractivity contribution is -0.116. The van der Waals surface area contributed by atoms with E-state index in [9.17, 15) is 9.59 Å². The van der Waals surface area contributed by atoms with Gasteiger partial charge in [-0.2, -0.15) is 0 Å². The summed E-state index contributed by atoms with van der Waals surface area (Å²) in [6, 6.07) is 5.15. The molecule has 0 fully saturated rings. The molecule has 1 amide bonds. The number of benzene rings is 1. The van der Waals surface area contributed by atoms with Crippen LogP contribution < -0.4 is 10.1 Å². The second-order valence-electron chi connectivity index (χ2n) is 5.62. The van der Waals surface area contributed by atoms with Crippen molar-refractivity contribution in [2.24, 2.45) is 5.92 Å². The Morgan fingerprint density at radius 3 is 2.57 bits per heavy atom. The number of hydrogen-bond acceptors (Lipinski definition) is 3. The highest BCUT2D eigenvalue weighted by Crippen LogP contribution is 2.27. The number of unbranched alkanes of at least 4 members (excludes halogenated alkanes) is 1. The van der Waals surface area contributed by atoms with E-state index in [2.05, 4.69) is 19.2 Å². The monoisotopic (exact) mass is 291 g/mol. The average Bonchev–Trinajstić information content (AvgIpc) is 2.43. The number of rotatable bonds is 8. The maximum atomic E-state index is 11.9. The second-order valence-corrected chi connectivity index (χ2v) is 5.62. The zero-order chi connectivity index (χ0) is 15.8. The van der Waals surface area contributed by atoms with E-state index in [0.29, 0.717) is 35.9 Å². The van der Waals surface area contributed by atoms with Gasteiger partial charge in [0.1, 0.15) is 5.75 Å². The third-order valence-corrected chi connectivity index (χ3v) is 2.99. The number of Topliss-reactive ketones (excluding diaryl/α,β-unsaturated/α-hetero) is 1. The highest BCUT2D eigenvalue weighted by Gasteiger charge is 2.11. The van der Waals surface area contributed by atoms with Crippen molar-refractivity contribution >= 4 is 17.4 Å². The Labute approximate surface area is 126 Å². The van der Waals surface area contributed by atoms with Crippen molar-refractivity contribution in [1.82, 2.24) is 0 Å². The minimum atomic E-state index is -0.0491. The summed E-state index contributed by atoms with van der Waals surface area (Å²) in [4.78, 5) is 23.4. The standard InChI is InChI=1S/C17H25NO3/c1-5-6-7-17(20)18-15-10-14(13(4)19)8-9-16(15)21-11-12(2)3/h8-10,12H,5-7,11H2,1-4H3,(H,18,20). The SMILES string of the molecule is CCCCC(=O)Nc1cc(C(C)=O)ccc1OCC(C)C. The highest BCUT2D eigenvalue weighted by molar-refractivity contribution is 5.98. The summed E-state index contributed by atoms with van der Waals surface area (Å²) in [7, 11) is 0. The van der Waals surface area contributed by atoms with Gasteiger partial charge in [0.15, 0.2) is 5.78 Å². The van der Waals surface area contributed by atoms with E-state index in [1.807, 2.05) is 6.92 Å². The molecule has 4 heteroatoms. The van der Waals surface area contributed by atoms with Gasteiger partial charge in [0.05, 0.1) is 12.3 Å². The molecule has 0 saturated heterocycles. The van der Waals surface area contributed by atoms with E-state index in [4.69, 9.17) is 4.74 Å². The summed E-state index contributed by atoms with van der Waals surface area (Å²) in [5.74, 6) is 0.918. The smallest absolute Gasteiger partial charge is 0.224 e. The lowest BCUT2D eigenvalue weighted by Gasteiger charge is -2.15. The number of hydrogen-bond donors (Lipinski definition) is 1. The number of ketones is 1. The molecule has 1 N–H and O–H groups in total. The molecule has 0 radical (unpaired) electrons. The van der Waals surface area contributed by atoms with Gasteiger partial charge < -0.3 is 10.1 Å². The molecule has 0 aliphatic rings. The molecule has 1 aromatic carbocycles. The second kappa shape index (κ2) is 8.45. The van der Waals surface area contributed by atoms with Gasteiger partial charge >= 0.3 is 0 Å². The molecule has 21 heavy (non-hydrogen) atoms. The van der Waals surface area contributed by atoms with Crippen LogP contribution in [0.15, 0.2) is 18.2 Å². The van der Waals surface area contributed by atoms with Gasteiger partial charge in [0.2, 0.25) is 5.91 Å². The van der Waals surface area contributed by atoms with Crippen LogP contribution in [0, 0.1) is 5.92 Å². The minimum absolute atomic E-state index is 0.0329. The summed E-state index contributed by atoms with van der Waals surface area (Å²) >= 11 is 0. The molecule has 0 atom stereocenters. The van der Waals surface area contributed by atoms with Crippen LogP contribution in [0.2, 0.25) is 0 Å². The van der Waals surface area contributed by atoms with Crippen LogP contribution in [-0.4, -0.2) is 18.3 Å². The largest absolute Gasteiger partial charge is 0.491 e. The van der Waals surface area contributed by atoms with Gasteiger partial charge in [-0.3, -0.25) is 9.59 Å². The van der Waals surface area contributed by atoms with Crippen molar-refractivity contribution in [3.05, 3.63) is 23.8 Å². The summed E-state index contributed by atoms with van der Waals surface area (Å²) in [6.45, 7) is 8.23. The van der Waals surface area contributed by atoms with Crippen LogP contribution in [0.3, 0.4) is 0 Å². The highest BCUT2D eigenvalue weighted by atomic mass is 16.5. The zero-order valence-corrected chi connectivity index (χ0v) is 13.4. The molecular formula is C17H25NO3. The molecule has 0 saturated carbocycles. The minimum Gasteiger partial charge on any atom is -0.491 e. The summed E-state index contributed by atoms with van der Waals surface area (Å²) in [5.41, 5.74) is 1.14. The number of carbonyl (C=O) groups excluding carboxylic acids is 2.